The van der Waals surface area contributed by atoms with Gasteiger partial charge in [-0.2, -0.15) is 0 Å². The number of fused-ring (bicyclic) bond motifs is 3. The van der Waals surface area contributed by atoms with Crippen molar-refractivity contribution in [3.05, 3.63) is 119 Å². The molecular formula is C30H22F2N4O7S2. The average Bonchev–Trinajstić information content (AvgIpc) is 3.56. The van der Waals surface area contributed by atoms with Gasteiger partial charge in [0, 0.05) is 34.5 Å². The molecule has 0 radical (unpaired) electrons. The van der Waals surface area contributed by atoms with Crippen molar-refractivity contribution < 1.29 is 34.8 Å². The van der Waals surface area contributed by atoms with Gasteiger partial charge in [-0.1, -0.05) is 12.1 Å². The molecule has 0 atom stereocenters. The molecule has 0 saturated heterocycles. The number of furan rings is 1. The van der Waals surface area contributed by atoms with Gasteiger partial charge >= 0.3 is 0 Å². The fourth-order valence-corrected chi connectivity index (χ4v) is 6.69. The molecule has 3 aromatic heterocycles. The van der Waals surface area contributed by atoms with Gasteiger partial charge in [-0.25, -0.2) is 30.3 Å². The number of halogens is 2. The molecule has 0 aliphatic carbocycles. The molecule has 0 unspecified atom stereocenters. The number of carbonyl (C=O) groups is 1. The summed E-state index contributed by atoms with van der Waals surface area (Å²) in [4.78, 5) is 29.4. The van der Waals surface area contributed by atoms with Gasteiger partial charge < -0.3 is 14.0 Å². The zero-order valence-corrected chi connectivity index (χ0v) is 24.8. The van der Waals surface area contributed by atoms with E-state index in [9.17, 15) is 35.2 Å². The number of hydrogen-bond donors (Lipinski definition) is 3. The van der Waals surface area contributed by atoms with Crippen LogP contribution >= 0.6 is 0 Å². The Bertz CT molecular complexity index is 2430. The van der Waals surface area contributed by atoms with Crippen LogP contribution in [0.1, 0.15) is 16.1 Å². The number of nitrogens with one attached hydrogen (secondary N) is 3. The van der Waals surface area contributed by atoms with Crippen molar-refractivity contribution in [2.75, 3.05) is 11.0 Å². The standard InChI is InChI=1S/C30H22F2N4O7S2/c1-44(39,40)34-20-4-2-5-21(15-20)45(41,42)35-30(38)27-25(22-6-3-12-33-29(22)37)26-24(10-8-17-11-13-43-28(17)26)36(27)16-18-7-9-19(31)14-23(18)32/h2-15,34H,16H2,1H3,(H,33,37)(H,35,38). The molecule has 0 aliphatic heterocycles. The van der Waals surface area contributed by atoms with Gasteiger partial charge in [0.1, 0.15) is 22.9 Å². The highest BCUT2D eigenvalue weighted by molar-refractivity contribution is 7.92. The summed E-state index contributed by atoms with van der Waals surface area (Å²) in [6, 6.07) is 15.6. The number of anilines is 1. The van der Waals surface area contributed by atoms with Gasteiger partial charge in [-0.05, 0) is 54.6 Å². The first kappa shape index (κ1) is 29.8. The first-order valence-electron chi connectivity index (χ1n) is 13.1. The minimum Gasteiger partial charge on any atom is -0.464 e. The summed E-state index contributed by atoms with van der Waals surface area (Å²) in [6.45, 7) is -0.365. The van der Waals surface area contributed by atoms with Crippen LogP contribution in [0.3, 0.4) is 0 Å². The summed E-state index contributed by atoms with van der Waals surface area (Å²) in [5, 5.41) is 0.884. The van der Waals surface area contributed by atoms with E-state index in [2.05, 4.69) is 9.71 Å². The van der Waals surface area contributed by atoms with Crippen LogP contribution in [0, 0.1) is 11.6 Å². The number of nitrogens with zero attached hydrogens (tertiary/aromatic N) is 1. The molecule has 3 aromatic carbocycles. The Morgan fingerprint density at radius 2 is 1.78 bits per heavy atom. The molecule has 6 rings (SSSR count). The first-order chi connectivity index (χ1) is 21.3. The first-order valence-corrected chi connectivity index (χ1v) is 16.5. The maximum absolute atomic E-state index is 14.9. The highest BCUT2D eigenvalue weighted by Gasteiger charge is 2.31. The van der Waals surface area contributed by atoms with E-state index < -0.39 is 48.0 Å². The van der Waals surface area contributed by atoms with E-state index in [0.29, 0.717) is 17.0 Å². The summed E-state index contributed by atoms with van der Waals surface area (Å²) >= 11 is 0. The third kappa shape index (κ3) is 5.70. The molecule has 1 amide bonds. The Hall–Kier alpha value is -5.28. The van der Waals surface area contributed by atoms with E-state index in [1.165, 1.54) is 47.4 Å². The number of H-pyrrole nitrogens is 1. The van der Waals surface area contributed by atoms with E-state index in [0.717, 1.165) is 24.5 Å². The van der Waals surface area contributed by atoms with Gasteiger partial charge in [-0.15, -0.1) is 0 Å². The average molecular weight is 653 g/mol. The second kappa shape index (κ2) is 11.0. The van der Waals surface area contributed by atoms with E-state index in [1.807, 2.05) is 4.72 Å². The summed E-state index contributed by atoms with van der Waals surface area (Å²) in [7, 11) is -8.39. The SMILES string of the molecule is CS(=O)(=O)Nc1cccc(S(=O)(=O)NC(=O)c2c(-c3ccc[nH]c3=O)c3c4occc4ccc3n2Cc2ccc(F)cc2F)c1. The largest absolute Gasteiger partial charge is 0.464 e. The summed E-state index contributed by atoms with van der Waals surface area (Å²) < 4.78 is 90.3. The van der Waals surface area contributed by atoms with Crippen molar-refractivity contribution in [1.29, 1.82) is 0 Å². The third-order valence-electron chi connectivity index (χ3n) is 6.97. The van der Waals surface area contributed by atoms with Crippen LogP contribution < -0.4 is 15.0 Å². The monoisotopic (exact) mass is 652 g/mol. The Morgan fingerprint density at radius 3 is 2.51 bits per heavy atom. The number of amides is 1. The highest BCUT2D eigenvalue weighted by atomic mass is 32.2. The molecular weight excluding hydrogens is 630 g/mol. The van der Waals surface area contributed by atoms with Crippen molar-refractivity contribution in [2.45, 2.75) is 11.4 Å². The fourth-order valence-electron chi connectivity index (χ4n) is 5.13. The van der Waals surface area contributed by atoms with Gasteiger partial charge in [0.05, 0.1) is 40.4 Å². The topological polar surface area (TPSA) is 160 Å². The summed E-state index contributed by atoms with van der Waals surface area (Å²) in [5.74, 6) is -2.92. The zero-order chi connectivity index (χ0) is 32.1. The minimum atomic E-state index is -4.65. The number of carbonyl (C=O) groups excluding carboxylic acids is 1. The second-order valence-electron chi connectivity index (χ2n) is 10.1. The normalized spacial score (nSPS) is 12.1. The lowest BCUT2D eigenvalue weighted by molar-refractivity contribution is 0.0974. The zero-order valence-electron chi connectivity index (χ0n) is 23.2. The maximum atomic E-state index is 14.9. The molecule has 0 spiro atoms. The predicted octanol–water partition coefficient (Wildman–Crippen LogP) is 4.56. The lowest BCUT2D eigenvalue weighted by Gasteiger charge is -2.14. The van der Waals surface area contributed by atoms with Gasteiger partial charge in [-0.3, -0.25) is 14.3 Å². The Kier molecular flexibility index (Phi) is 7.29. The molecule has 3 heterocycles. The van der Waals surface area contributed by atoms with Gasteiger partial charge in [0.2, 0.25) is 10.0 Å². The van der Waals surface area contributed by atoms with Crippen molar-refractivity contribution >= 4 is 53.5 Å². The minimum absolute atomic E-state index is 0.00775. The quantitative estimate of drug-likeness (QED) is 0.217. The smallest absolute Gasteiger partial charge is 0.282 e. The van der Waals surface area contributed by atoms with Crippen LogP contribution in [0.15, 0.2) is 99.4 Å². The number of pyridine rings is 1. The Balaban J connectivity index is 1.59. The molecule has 11 nitrogen and oxygen atoms in total. The molecule has 0 fully saturated rings. The van der Waals surface area contributed by atoms with Gasteiger partial charge in [0.25, 0.3) is 21.5 Å². The van der Waals surface area contributed by atoms with E-state index in [4.69, 9.17) is 4.42 Å². The molecule has 45 heavy (non-hydrogen) atoms. The van der Waals surface area contributed by atoms with E-state index in [1.54, 1.807) is 18.2 Å². The van der Waals surface area contributed by atoms with Crippen molar-refractivity contribution in [1.82, 2.24) is 14.3 Å². The van der Waals surface area contributed by atoms with Crippen LogP contribution in [-0.2, 0) is 26.6 Å². The fraction of sp³-hybridized carbons (Fsp3) is 0.0667. The predicted molar refractivity (Wildman–Crippen MR) is 163 cm³/mol. The highest BCUT2D eigenvalue weighted by Crippen LogP contribution is 2.39. The molecule has 0 aliphatic rings. The molecule has 0 saturated carbocycles. The molecule has 15 heteroatoms. The van der Waals surface area contributed by atoms with Gasteiger partial charge in [0.15, 0.2) is 0 Å². The summed E-state index contributed by atoms with van der Waals surface area (Å²) in [5.41, 5.74) is -0.459. The number of rotatable bonds is 8. The maximum Gasteiger partial charge on any atom is 0.282 e. The number of sulfonamides is 2. The Labute approximate surface area is 254 Å². The molecule has 3 N–H and O–H groups in total. The van der Waals surface area contributed by atoms with Crippen LogP contribution in [0.5, 0.6) is 0 Å². The van der Waals surface area contributed by atoms with Crippen molar-refractivity contribution in [3.63, 3.8) is 0 Å². The second-order valence-corrected chi connectivity index (χ2v) is 13.5. The number of aromatic amines is 1. The van der Waals surface area contributed by atoms with Crippen LogP contribution in [0.25, 0.3) is 33.0 Å². The number of hydrogen-bond acceptors (Lipinski definition) is 7. The lowest BCUT2D eigenvalue weighted by atomic mass is 10.0. The molecule has 6 aromatic rings. The molecule has 230 valence electrons. The van der Waals surface area contributed by atoms with Crippen molar-refractivity contribution in [3.8, 4) is 11.1 Å². The van der Waals surface area contributed by atoms with E-state index >= 15 is 0 Å². The number of benzene rings is 3. The Morgan fingerprint density at radius 1 is 0.978 bits per heavy atom. The number of aromatic nitrogens is 2. The lowest BCUT2D eigenvalue weighted by Crippen LogP contribution is -2.33. The third-order valence-corrected chi connectivity index (χ3v) is 8.90. The van der Waals surface area contributed by atoms with Crippen molar-refractivity contribution in [2.24, 2.45) is 0 Å². The summed E-state index contributed by atoms with van der Waals surface area (Å²) in [6.07, 6.45) is 3.67. The van der Waals surface area contributed by atoms with Crippen LogP contribution in [-0.4, -0.2) is 38.5 Å². The molecule has 0 bridgehead atoms. The van der Waals surface area contributed by atoms with E-state index in [-0.39, 0.29) is 45.6 Å². The van der Waals surface area contributed by atoms with Crippen LogP contribution in [0.4, 0.5) is 14.5 Å². The van der Waals surface area contributed by atoms with Crippen LogP contribution in [0.2, 0.25) is 0 Å².